The van der Waals surface area contributed by atoms with Gasteiger partial charge < -0.3 is 15.4 Å². The SMILES string of the molecule is C=C(C)C(=O)OCC(N)CCN(C)C. The molecule has 0 rings (SSSR count). The minimum Gasteiger partial charge on any atom is -0.461 e. The van der Waals surface area contributed by atoms with Crippen molar-refractivity contribution in [3.05, 3.63) is 12.2 Å². The Balaban J connectivity index is 3.58. The van der Waals surface area contributed by atoms with Crippen molar-refractivity contribution in [1.29, 1.82) is 0 Å². The average molecular weight is 200 g/mol. The summed E-state index contributed by atoms with van der Waals surface area (Å²) in [6.07, 6.45) is 0.816. The van der Waals surface area contributed by atoms with E-state index in [0.717, 1.165) is 13.0 Å². The lowest BCUT2D eigenvalue weighted by Crippen LogP contribution is -2.31. The molecule has 14 heavy (non-hydrogen) atoms. The second-order valence-corrected chi connectivity index (χ2v) is 3.73. The standard InChI is InChI=1S/C10H20N2O2/c1-8(2)10(13)14-7-9(11)5-6-12(3)4/h9H,1,5-7,11H2,2-4H3. The van der Waals surface area contributed by atoms with E-state index in [-0.39, 0.29) is 18.6 Å². The van der Waals surface area contributed by atoms with Crippen LogP contribution in [0.3, 0.4) is 0 Å². The maximum absolute atomic E-state index is 11.0. The predicted octanol–water partition coefficient (Wildman–Crippen LogP) is 0.385. The summed E-state index contributed by atoms with van der Waals surface area (Å²) in [4.78, 5) is 13.0. The smallest absolute Gasteiger partial charge is 0.333 e. The van der Waals surface area contributed by atoms with Crippen molar-refractivity contribution in [3.63, 3.8) is 0 Å². The fourth-order valence-electron chi connectivity index (χ4n) is 0.813. The number of nitrogens with zero attached hydrogens (tertiary/aromatic N) is 1. The van der Waals surface area contributed by atoms with Gasteiger partial charge in [-0.05, 0) is 34.0 Å². The van der Waals surface area contributed by atoms with Gasteiger partial charge in [0, 0.05) is 11.6 Å². The summed E-state index contributed by atoms with van der Waals surface area (Å²) in [6, 6.07) is -0.0966. The maximum Gasteiger partial charge on any atom is 0.333 e. The molecule has 4 heteroatoms. The summed E-state index contributed by atoms with van der Waals surface area (Å²) < 4.78 is 4.92. The Morgan fingerprint density at radius 2 is 2.14 bits per heavy atom. The van der Waals surface area contributed by atoms with Crippen LogP contribution in [-0.4, -0.2) is 44.2 Å². The normalized spacial score (nSPS) is 12.6. The zero-order valence-electron chi connectivity index (χ0n) is 9.25. The Kier molecular flexibility index (Phi) is 6.16. The lowest BCUT2D eigenvalue weighted by atomic mass is 10.2. The van der Waals surface area contributed by atoms with E-state index in [2.05, 4.69) is 6.58 Å². The highest BCUT2D eigenvalue weighted by molar-refractivity contribution is 5.86. The second kappa shape index (κ2) is 6.56. The zero-order valence-corrected chi connectivity index (χ0v) is 9.25. The van der Waals surface area contributed by atoms with E-state index in [1.807, 2.05) is 19.0 Å². The first-order chi connectivity index (χ1) is 6.43. The molecule has 0 aromatic carbocycles. The Hall–Kier alpha value is -0.870. The zero-order chi connectivity index (χ0) is 11.1. The van der Waals surface area contributed by atoms with Gasteiger partial charge in [0.25, 0.3) is 0 Å². The van der Waals surface area contributed by atoms with Crippen molar-refractivity contribution in [2.45, 2.75) is 19.4 Å². The van der Waals surface area contributed by atoms with Gasteiger partial charge in [0.15, 0.2) is 0 Å². The fraction of sp³-hybridized carbons (Fsp3) is 0.700. The molecular formula is C10H20N2O2. The molecule has 0 amide bonds. The molecular weight excluding hydrogens is 180 g/mol. The summed E-state index contributed by atoms with van der Waals surface area (Å²) in [5, 5.41) is 0. The number of carbonyl (C=O) groups is 1. The van der Waals surface area contributed by atoms with Gasteiger partial charge in [-0.2, -0.15) is 0 Å². The van der Waals surface area contributed by atoms with Gasteiger partial charge in [-0.25, -0.2) is 4.79 Å². The third-order valence-electron chi connectivity index (χ3n) is 1.72. The van der Waals surface area contributed by atoms with Crippen LogP contribution in [0.5, 0.6) is 0 Å². The van der Waals surface area contributed by atoms with E-state index in [0.29, 0.717) is 5.57 Å². The van der Waals surface area contributed by atoms with Crippen molar-refractivity contribution < 1.29 is 9.53 Å². The molecule has 82 valence electrons. The van der Waals surface area contributed by atoms with Crippen LogP contribution in [0.2, 0.25) is 0 Å². The Bertz CT molecular complexity index is 202. The molecule has 0 aliphatic rings. The molecule has 0 radical (unpaired) electrons. The molecule has 1 unspecified atom stereocenters. The molecule has 0 spiro atoms. The van der Waals surface area contributed by atoms with Crippen molar-refractivity contribution in [3.8, 4) is 0 Å². The minimum atomic E-state index is -0.370. The first-order valence-corrected chi connectivity index (χ1v) is 4.66. The summed E-state index contributed by atoms with van der Waals surface area (Å²) in [5.74, 6) is -0.370. The molecule has 0 aromatic heterocycles. The molecule has 0 aromatic rings. The summed E-state index contributed by atoms with van der Waals surface area (Å²) >= 11 is 0. The van der Waals surface area contributed by atoms with E-state index in [1.165, 1.54) is 0 Å². The van der Waals surface area contributed by atoms with Gasteiger partial charge in [-0.1, -0.05) is 6.58 Å². The van der Waals surface area contributed by atoms with Gasteiger partial charge >= 0.3 is 5.97 Å². The summed E-state index contributed by atoms with van der Waals surface area (Å²) in [7, 11) is 3.96. The Morgan fingerprint density at radius 1 is 1.57 bits per heavy atom. The van der Waals surface area contributed by atoms with Crippen LogP contribution in [0.4, 0.5) is 0 Å². The van der Waals surface area contributed by atoms with E-state index in [1.54, 1.807) is 6.92 Å². The van der Waals surface area contributed by atoms with Crippen LogP contribution in [-0.2, 0) is 9.53 Å². The number of hydrogen-bond acceptors (Lipinski definition) is 4. The van der Waals surface area contributed by atoms with Gasteiger partial charge in [-0.15, -0.1) is 0 Å². The molecule has 0 bridgehead atoms. The van der Waals surface area contributed by atoms with Gasteiger partial charge in [-0.3, -0.25) is 0 Å². The quantitative estimate of drug-likeness (QED) is 0.497. The predicted molar refractivity (Wildman–Crippen MR) is 56.9 cm³/mol. The van der Waals surface area contributed by atoms with Crippen LogP contribution < -0.4 is 5.73 Å². The summed E-state index contributed by atoms with van der Waals surface area (Å²) in [5.41, 5.74) is 6.14. The number of ether oxygens (including phenoxy) is 1. The monoisotopic (exact) mass is 200 g/mol. The van der Waals surface area contributed by atoms with Gasteiger partial charge in [0.1, 0.15) is 6.61 Å². The molecule has 0 saturated carbocycles. The van der Waals surface area contributed by atoms with E-state index in [9.17, 15) is 4.79 Å². The lowest BCUT2D eigenvalue weighted by Gasteiger charge is -2.15. The largest absolute Gasteiger partial charge is 0.461 e. The van der Waals surface area contributed by atoms with Crippen molar-refractivity contribution in [2.75, 3.05) is 27.2 Å². The van der Waals surface area contributed by atoms with Crippen LogP contribution in [0.25, 0.3) is 0 Å². The van der Waals surface area contributed by atoms with Crippen LogP contribution in [0.15, 0.2) is 12.2 Å². The second-order valence-electron chi connectivity index (χ2n) is 3.73. The van der Waals surface area contributed by atoms with Crippen LogP contribution in [0.1, 0.15) is 13.3 Å². The van der Waals surface area contributed by atoms with Crippen molar-refractivity contribution >= 4 is 5.97 Å². The average Bonchev–Trinajstić information content (AvgIpc) is 2.10. The Labute approximate surface area is 85.7 Å². The summed E-state index contributed by atoms with van der Waals surface area (Å²) in [6.45, 7) is 6.26. The number of nitrogens with two attached hydrogens (primary N) is 1. The van der Waals surface area contributed by atoms with E-state index in [4.69, 9.17) is 10.5 Å². The number of rotatable bonds is 6. The molecule has 2 N–H and O–H groups in total. The molecule has 0 saturated heterocycles. The number of hydrogen-bond donors (Lipinski definition) is 1. The molecule has 0 fully saturated rings. The first-order valence-electron chi connectivity index (χ1n) is 4.66. The molecule has 0 aliphatic carbocycles. The molecule has 0 heterocycles. The van der Waals surface area contributed by atoms with Crippen LogP contribution >= 0.6 is 0 Å². The molecule has 0 aliphatic heterocycles. The molecule has 4 nitrogen and oxygen atoms in total. The maximum atomic E-state index is 11.0. The third-order valence-corrected chi connectivity index (χ3v) is 1.72. The number of carbonyl (C=O) groups excluding carboxylic acids is 1. The van der Waals surface area contributed by atoms with Crippen molar-refractivity contribution in [2.24, 2.45) is 5.73 Å². The first kappa shape index (κ1) is 13.1. The third kappa shape index (κ3) is 6.62. The molecule has 1 atom stereocenters. The highest BCUT2D eigenvalue weighted by atomic mass is 16.5. The van der Waals surface area contributed by atoms with Gasteiger partial charge in [0.2, 0.25) is 0 Å². The van der Waals surface area contributed by atoms with Gasteiger partial charge in [0.05, 0.1) is 0 Å². The highest BCUT2D eigenvalue weighted by Gasteiger charge is 2.08. The minimum absolute atomic E-state index is 0.0966. The van der Waals surface area contributed by atoms with E-state index >= 15 is 0 Å². The number of esters is 1. The fourth-order valence-corrected chi connectivity index (χ4v) is 0.813. The highest BCUT2D eigenvalue weighted by Crippen LogP contribution is 1.96. The van der Waals surface area contributed by atoms with Crippen LogP contribution in [0, 0.1) is 0 Å². The Morgan fingerprint density at radius 3 is 2.57 bits per heavy atom. The van der Waals surface area contributed by atoms with Crippen molar-refractivity contribution in [1.82, 2.24) is 4.90 Å². The van der Waals surface area contributed by atoms with E-state index < -0.39 is 0 Å². The topological polar surface area (TPSA) is 55.6 Å². The lowest BCUT2D eigenvalue weighted by molar-refractivity contribution is -0.139.